The van der Waals surface area contributed by atoms with Crippen LogP contribution in [0.2, 0.25) is 0 Å². The highest BCUT2D eigenvalue weighted by Gasteiger charge is 2.15. The van der Waals surface area contributed by atoms with E-state index in [1.807, 2.05) is 24.4 Å². The Labute approximate surface area is 191 Å². The van der Waals surface area contributed by atoms with E-state index in [9.17, 15) is 4.79 Å². The predicted octanol–water partition coefficient (Wildman–Crippen LogP) is 2.05. The summed E-state index contributed by atoms with van der Waals surface area (Å²) >= 11 is 0. The van der Waals surface area contributed by atoms with Gasteiger partial charge in [0.1, 0.15) is 5.82 Å². The second kappa shape index (κ2) is 8.87. The van der Waals surface area contributed by atoms with E-state index in [2.05, 4.69) is 67.8 Å². The second-order valence-corrected chi connectivity index (χ2v) is 8.19. The summed E-state index contributed by atoms with van der Waals surface area (Å²) in [6.45, 7) is 4.82. The second-order valence-electron chi connectivity index (χ2n) is 8.19. The number of rotatable bonds is 6. The highest BCUT2D eigenvalue weighted by molar-refractivity contribution is 5.99. The fourth-order valence-corrected chi connectivity index (χ4v) is 3.98. The van der Waals surface area contributed by atoms with Crippen molar-refractivity contribution in [3.8, 4) is 11.3 Å². The van der Waals surface area contributed by atoms with E-state index in [-0.39, 0.29) is 0 Å². The number of amides is 1. The molecule has 1 aromatic carbocycles. The third kappa shape index (κ3) is 4.35. The van der Waals surface area contributed by atoms with Gasteiger partial charge < -0.3 is 20.9 Å². The molecule has 33 heavy (non-hydrogen) atoms. The van der Waals surface area contributed by atoms with Crippen molar-refractivity contribution in [1.82, 2.24) is 24.5 Å². The molecule has 9 heteroatoms. The van der Waals surface area contributed by atoms with Gasteiger partial charge in [-0.05, 0) is 36.9 Å². The summed E-state index contributed by atoms with van der Waals surface area (Å²) in [6.07, 6.45) is 4.44. The number of primary amides is 1. The van der Waals surface area contributed by atoms with Crippen molar-refractivity contribution in [1.29, 1.82) is 0 Å². The molecule has 9 nitrogen and oxygen atoms in total. The molecule has 1 saturated heterocycles. The lowest BCUT2D eigenvalue weighted by Crippen LogP contribution is -2.44. The van der Waals surface area contributed by atoms with E-state index in [0.29, 0.717) is 17.8 Å². The Morgan fingerprint density at radius 3 is 2.55 bits per heavy atom. The number of aromatic nitrogens is 4. The van der Waals surface area contributed by atoms with Gasteiger partial charge in [0.25, 0.3) is 5.91 Å². The number of nitrogens with two attached hydrogens (primary N) is 1. The highest BCUT2D eigenvalue weighted by atomic mass is 16.1. The first-order valence-electron chi connectivity index (χ1n) is 10.9. The molecule has 0 unspecified atom stereocenters. The number of benzene rings is 1. The average molecular weight is 442 g/mol. The number of hydrogen-bond donors (Lipinski definition) is 2. The van der Waals surface area contributed by atoms with Crippen molar-refractivity contribution in [3.63, 3.8) is 0 Å². The van der Waals surface area contributed by atoms with Crippen LogP contribution in [0, 0.1) is 6.33 Å². The van der Waals surface area contributed by atoms with Crippen LogP contribution >= 0.6 is 0 Å². The summed E-state index contributed by atoms with van der Waals surface area (Å²) in [5.41, 5.74) is 10.0. The first-order valence-corrected chi connectivity index (χ1v) is 10.9. The molecule has 3 N–H and O–H groups in total. The maximum absolute atomic E-state index is 11.6. The molecule has 5 rings (SSSR count). The van der Waals surface area contributed by atoms with Crippen LogP contribution in [0.1, 0.15) is 15.9 Å². The van der Waals surface area contributed by atoms with Crippen LogP contribution in [-0.4, -0.2) is 63.6 Å². The van der Waals surface area contributed by atoms with Gasteiger partial charge in [0, 0.05) is 38.3 Å². The number of nitrogens with one attached hydrogen (secondary N) is 1. The van der Waals surface area contributed by atoms with Crippen LogP contribution < -0.4 is 16.0 Å². The molecule has 0 bridgehead atoms. The van der Waals surface area contributed by atoms with Crippen LogP contribution in [0.4, 0.5) is 11.5 Å². The van der Waals surface area contributed by atoms with E-state index < -0.39 is 5.91 Å². The van der Waals surface area contributed by atoms with E-state index in [1.54, 1.807) is 10.6 Å². The van der Waals surface area contributed by atoms with Crippen molar-refractivity contribution in [2.24, 2.45) is 5.73 Å². The molecule has 4 aromatic rings. The minimum absolute atomic E-state index is 0.320. The lowest BCUT2D eigenvalue weighted by Gasteiger charge is -2.33. The first kappa shape index (κ1) is 20.9. The smallest absolute Gasteiger partial charge is 0.252 e. The topological polar surface area (TPSA) is 105 Å². The van der Waals surface area contributed by atoms with Crippen molar-refractivity contribution in [2.75, 3.05) is 43.4 Å². The largest absolute Gasteiger partial charge is 0.380 e. The molecule has 1 amide bonds. The summed E-state index contributed by atoms with van der Waals surface area (Å²) in [7, 11) is 2.15. The molecular formula is C24H25N8O. The van der Waals surface area contributed by atoms with Crippen molar-refractivity contribution >= 4 is 23.1 Å². The Kier molecular flexibility index (Phi) is 5.62. The van der Waals surface area contributed by atoms with E-state index in [0.717, 1.165) is 54.5 Å². The van der Waals surface area contributed by atoms with Crippen molar-refractivity contribution in [3.05, 3.63) is 72.2 Å². The molecule has 1 radical (unpaired) electrons. The number of pyridine rings is 2. The number of anilines is 2. The summed E-state index contributed by atoms with van der Waals surface area (Å²) in [4.78, 5) is 25.0. The van der Waals surface area contributed by atoms with Gasteiger partial charge in [-0.1, -0.05) is 24.3 Å². The van der Waals surface area contributed by atoms with Gasteiger partial charge in [0.2, 0.25) is 6.33 Å². The Morgan fingerprint density at radius 1 is 1.06 bits per heavy atom. The Morgan fingerprint density at radius 2 is 1.85 bits per heavy atom. The van der Waals surface area contributed by atoms with Gasteiger partial charge >= 0.3 is 0 Å². The summed E-state index contributed by atoms with van der Waals surface area (Å²) < 4.78 is 1.58. The molecule has 1 fully saturated rings. The zero-order valence-electron chi connectivity index (χ0n) is 18.4. The van der Waals surface area contributed by atoms with Crippen LogP contribution in [-0.2, 0) is 6.54 Å². The third-order valence-corrected chi connectivity index (χ3v) is 5.97. The number of carbonyl (C=O) groups is 1. The van der Waals surface area contributed by atoms with E-state index >= 15 is 0 Å². The minimum atomic E-state index is -0.541. The maximum Gasteiger partial charge on any atom is 0.252 e. The molecule has 3 aromatic heterocycles. The quantitative estimate of drug-likeness (QED) is 0.472. The molecular weight excluding hydrogens is 416 g/mol. The first-order chi connectivity index (χ1) is 16.1. The van der Waals surface area contributed by atoms with Crippen LogP contribution in [0.3, 0.4) is 0 Å². The number of carbonyl (C=O) groups excluding carboxylic acids is 1. The van der Waals surface area contributed by atoms with Crippen molar-refractivity contribution in [2.45, 2.75) is 6.54 Å². The van der Waals surface area contributed by atoms with Crippen LogP contribution in [0.5, 0.6) is 0 Å². The number of hydrogen-bond acceptors (Lipinski definition) is 7. The van der Waals surface area contributed by atoms with E-state index in [4.69, 9.17) is 5.73 Å². The number of fused-ring (bicyclic) bond motifs is 1. The lowest BCUT2D eigenvalue weighted by molar-refractivity contribution is 0.100. The number of piperazine rings is 1. The third-order valence-electron chi connectivity index (χ3n) is 5.97. The Balaban J connectivity index is 1.25. The standard InChI is InChI=1S/C24H25N8O/c1-30-10-12-31(13-11-30)22-9-6-19(15-27-22)26-14-17-2-4-18(5-3-17)21-8-7-20(23(25)33)24-28-16-29-32(21)24/h2-9,15,26H,10-14H2,1H3,(H2,25,33). The highest BCUT2D eigenvalue weighted by Crippen LogP contribution is 2.23. The minimum Gasteiger partial charge on any atom is -0.380 e. The fraction of sp³-hybridized carbons (Fsp3) is 0.250. The summed E-state index contributed by atoms with van der Waals surface area (Å²) in [5.74, 6) is 0.484. The molecule has 1 aliphatic heterocycles. The van der Waals surface area contributed by atoms with Crippen molar-refractivity contribution < 1.29 is 4.79 Å². The van der Waals surface area contributed by atoms with Crippen LogP contribution in [0.25, 0.3) is 16.9 Å². The normalized spacial score (nSPS) is 14.5. The van der Waals surface area contributed by atoms with Gasteiger partial charge in [-0.25, -0.2) is 14.5 Å². The SMILES string of the molecule is CN1CCN(c2ccc(NCc3ccc(-c4ccc(C(N)=O)c5n[c]nn45)cc3)cn2)CC1. The number of likely N-dealkylation sites (N-methyl/N-ethyl adjacent to an activating group) is 1. The number of nitrogens with zero attached hydrogens (tertiary/aromatic N) is 6. The lowest BCUT2D eigenvalue weighted by atomic mass is 10.1. The predicted molar refractivity (Wildman–Crippen MR) is 127 cm³/mol. The molecule has 0 aliphatic carbocycles. The molecule has 4 heterocycles. The Hall–Kier alpha value is -3.98. The van der Waals surface area contributed by atoms with Gasteiger partial charge in [0.15, 0.2) is 5.65 Å². The van der Waals surface area contributed by atoms with Gasteiger partial charge in [-0.2, -0.15) is 0 Å². The summed E-state index contributed by atoms with van der Waals surface area (Å²) in [5, 5.41) is 7.56. The molecule has 0 spiro atoms. The monoisotopic (exact) mass is 441 g/mol. The van der Waals surface area contributed by atoms with Crippen LogP contribution in [0.15, 0.2) is 54.7 Å². The fourth-order valence-electron chi connectivity index (χ4n) is 3.98. The average Bonchev–Trinajstić information content (AvgIpc) is 3.33. The summed E-state index contributed by atoms with van der Waals surface area (Å²) in [6, 6.07) is 15.8. The molecule has 1 aliphatic rings. The van der Waals surface area contributed by atoms with Gasteiger partial charge in [0.05, 0.1) is 23.1 Å². The molecule has 0 saturated carbocycles. The van der Waals surface area contributed by atoms with E-state index in [1.165, 1.54) is 0 Å². The van der Waals surface area contributed by atoms with Gasteiger partial charge in [-0.15, -0.1) is 5.10 Å². The van der Waals surface area contributed by atoms with Gasteiger partial charge in [-0.3, -0.25) is 4.79 Å². The zero-order chi connectivity index (χ0) is 22.8. The molecule has 167 valence electrons. The maximum atomic E-state index is 11.6. The zero-order valence-corrected chi connectivity index (χ0v) is 18.4. The molecule has 0 atom stereocenters. The Bertz CT molecular complexity index is 1260.